The Kier molecular flexibility index (Phi) is 6.53. The summed E-state index contributed by atoms with van der Waals surface area (Å²) in [7, 11) is 0. The minimum Gasteiger partial charge on any atom is -0.494 e. The molecule has 4 nitrogen and oxygen atoms in total. The third-order valence-corrected chi connectivity index (χ3v) is 4.38. The van der Waals surface area contributed by atoms with Crippen LogP contribution < -0.4 is 14.9 Å². The molecule has 3 aromatic rings. The molecule has 2 aromatic carbocycles. The Labute approximate surface area is 159 Å². The molecule has 0 bridgehead atoms. The lowest BCUT2D eigenvalue weighted by Crippen LogP contribution is -2.05. The lowest BCUT2D eigenvalue weighted by molar-refractivity contribution is 0.309. The monoisotopic (exact) mass is 366 g/mol. The Morgan fingerprint density at radius 1 is 0.889 bits per heavy atom. The molecule has 1 heterocycles. The van der Waals surface area contributed by atoms with Crippen LogP contribution in [0.2, 0.25) is 0 Å². The average molecular weight is 366 g/mol. The molecule has 0 atom stereocenters. The zero-order chi connectivity index (χ0) is 19.1. The Hall–Kier alpha value is -2.75. The third kappa shape index (κ3) is 4.70. The molecule has 0 radical (unpaired) electrons. The molecular weight excluding hydrogens is 340 g/mol. The van der Waals surface area contributed by atoms with Gasteiger partial charge in [0.1, 0.15) is 28.2 Å². The van der Waals surface area contributed by atoms with E-state index in [2.05, 4.69) is 13.8 Å². The normalized spacial score (nSPS) is 10.9. The Morgan fingerprint density at radius 2 is 1.59 bits per heavy atom. The van der Waals surface area contributed by atoms with Gasteiger partial charge in [0.15, 0.2) is 5.43 Å². The summed E-state index contributed by atoms with van der Waals surface area (Å²) in [5.41, 5.74) is 1.28. The summed E-state index contributed by atoms with van der Waals surface area (Å²) in [6.45, 7) is 5.54. The summed E-state index contributed by atoms with van der Waals surface area (Å²) < 4.78 is 17.5. The van der Waals surface area contributed by atoms with Gasteiger partial charge in [0.05, 0.1) is 13.2 Å². The third-order valence-electron chi connectivity index (χ3n) is 4.38. The fraction of sp³-hybridized carbons (Fsp3) is 0.348. The summed E-state index contributed by atoms with van der Waals surface area (Å²) >= 11 is 0. The number of benzene rings is 2. The lowest BCUT2D eigenvalue weighted by atomic mass is 10.1. The van der Waals surface area contributed by atoms with Crippen molar-refractivity contribution in [3.8, 4) is 22.8 Å². The van der Waals surface area contributed by atoms with Crippen molar-refractivity contribution >= 4 is 11.0 Å². The van der Waals surface area contributed by atoms with E-state index in [1.807, 2.05) is 36.4 Å². The van der Waals surface area contributed by atoms with Gasteiger partial charge < -0.3 is 13.9 Å². The molecule has 0 fully saturated rings. The molecule has 27 heavy (non-hydrogen) atoms. The van der Waals surface area contributed by atoms with E-state index in [4.69, 9.17) is 13.9 Å². The molecule has 3 rings (SSSR count). The van der Waals surface area contributed by atoms with Crippen molar-refractivity contribution in [3.05, 3.63) is 58.8 Å². The molecule has 0 aliphatic carbocycles. The van der Waals surface area contributed by atoms with E-state index in [0.29, 0.717) is 35.7 Å². The molecule has 1 aromatic heterocycles. The van der Waals surface area contributed by atoms with Gasteiger partial charge in [-0.1, -0.05) is 32.8 Å². The number of ether oxygens (including phenoxy) is 2. The van der Waals surface area contributed by atoms with Gasteiger partial charge in [-0.05, 0) is 49.2 Å². The highest BCUT2D eigenvalue weighted by Crippen LogP contribution is 2.28. The van der Waals surface area contributed by atoms with Crippen LogP contribution in [-0.2, 0) is 0 Å². The van der Waals surface area contributed by atoms with Crippen LogP contribution in [0.5, 0.6) is 11.5 Å². The predicted molar refractivity (Wildman–Crippen MR) is 109 cm³/mol. The first-order chi connectivity index (χ1) is 13.2. The van der Waals surface area contributed by atoms with Crippen molar-refractivity contribution in [2.45, 2.75) is 39.5 Å². The van der Waals surface area contributed by atoms with E-state index >= 15 is 0 Å². The maximum Gasteiger partial charge on any atom is 0.197 e. The van der Waals surface area contributed by atoms with Gasteiger partial charge in [-0.25, -0.2) is 0 Å². The highest BCUT2D eigenvalue weighted by molar-refractivity contribution is 5.84. The number of rotatable bonds is 9. The minimum absolute atomic E-state index is 0.0957. The zero-order valence-electron chi connectivity index (χ0n) is 16.0. The molecule has 0 saturated heterocycles. The Balaban J connectivity index is 1.87. The smallest absolute Gasteiger partial charge is 0.197 e. The molecule has 0 N–H and O–H groups in total. The van der Waals surface area contributed by atoms with Crippen LogP contribution in [0.1, 0.15) is 39.5 Å². The maximum atomic E-state index is 12.7. The topological polar surface area (TPSA) is 48.7 Å². The highest BCUT2D eigenvalue weighted by Gasteiger charge is 2.11. The first-order valence-corrected chi connectivity index (χ1v) is 9.65. The van der Waals surface area contributed by atoms with E-state index < -0.39 is 0 Å². The number of hydrogen-bond acceptors (Lipinski definition) is 4. The second kappa shape index (κ2) is 9.26. The number of fused-ring (bicyclic) bond motifs is 1. The van der Waals surface area contributed by atoms with Gasteiger partial charge >= 0.3 is 0 Å². The van der Waals surface area contributed by atoms with Gasteiger partial charge in [-0.3, -0.25) is 4.79 Å². The summed E-state index contributed by atoms with van der Waals surface area (Å²) in [5.74, 6) is 1.95. The Morgan fingerprint density at radius 3 is 2.30 bits per heavy atom. The van der Waals surface area contributed by atoms with Crippen LogP contribution in [0.15, 0.2) is 57.7 Å². The largest absolute Gasteiger partial charge is 0.494 e. The summed E-state index contributed by atoms with van der Waals surface area (Å²) in [4.78, 5) is 12.7. The molecule has 0 spiro atoms. The van der Waals surface area contributed by atoms with Crippen LogP contribution in [0.4, 0.5) is 0 Å². The average Bonchev–Trinajstić information content (AvgIpc) is 2.69. The first kappa shape index (κ1) is 19.0. The van der Waals surface area contributed by atoms with Crippen molar-refractivity contribution in [1.82, 2.24) is 0 Å². The lowest BCUT2D eigenvalue weighted by Gasteiger charge is -2.10. The molecular formula is C23H26O4. The molecule has 4 heteroatoms. The van der Waals surface area contributed by atoms with Gasteiger partial charge in [-0.15, -0.1) is 0 Å². The molecule has 142 valence electrons. The van der Waals surface area contributed by atoms with Crippen LogP contribution >= 0.6 is 0 Å². The standard InChI is InChI=1S/C23H26O4/c1-3-5-14-25-18-12-10-17(11-13-18)22-16-19(24)23-20(26-15-6-4-2)8-7-9-21(23)27-22/h7-13,16H,3-6,14-15H2,1-2H3. The van der Waals surface area contributed by atoms with E-state index in [1.54, 1.807) is 6.07 Å². The summed E-state index contributed by atoms with van der Waals surface area (Å²) in [5, 5.41) is 0.497. The molecule has 0 saturated carbocycles. The number of unbranched alkanes of at least 4 members (excludes halogenated alkanes) is 2. The molecule has 0 aliphatic rings. The van der Waals surface area contributed by atoms with Crippen LogP contribution in [0.3, 0.4) is 0 Å². The van der Waals surface area contributed by atoms with Crippen molar-refractivity contribution in [2.75, 3.05) is 13.2 Å². The highest BCUT2D eigenvalue weighted by atomic mass is 16.5. The minimum atomic E-state index is -0.0957. The van der Waals surface area contributed by atoms with Crippen LogP contribution in [-0.4, -0.2) is 13.2 Å². The van der Waals surface area contributed by atoms with E-state index in [0.717, 1.165) is 37.0 Å². The summed E-state index contributed by atoms with van der Waals surface area (Å²) in [6, 6.07) is 14.6. The quantitative estimate of drug-likeness (QED) is 0.448. The second-order valence-electron chi connectivity index (χ2n) is 6.53. The van der Waals surface area contributed by atoms with Gasteiger partial charge in [0.2, 0.25) is 0 Å². The zero-order valence-corrected chi connectivity index (χ0v) is 16.0. The van der Waals surface area contributed by atoms with E-state index in [1.165, 1.54) is 6.07 Å². The fourth-order valence-electron chi connectivity index (χ4n) is 2.82. The van der Waals surface area contributed by atoms with Crippen LogP contribution in [0.25, 0.3) is 22.3 Å². The van der Waals surface area contributed by atoms with Gasteiger partial charge in [-0.2, -0.15) is 0 Å². The van der Waals surface area contributed by atoms with E-state index in [9.17, 15) is 4.79 Å². The van der Waals surface area contributed by atoms with Gasteiger partial charge in [0, 0.05) is 11.6 Å². The number of hydrogen-bond donors (Lipinski definition) is 0. The molecule has 0 aliphatic heterocycles. The second-order valence-corrected chi connectivity index (χ2v) is 6.53. The van der Waals surface area contributed by atoms with Crippen LogP contribution in [0, 0.1) is 0 Å². The van der Waals surface area contributed by atoms with E-state index in [-0.39, 0.29) is 5.43 Å². The van der Waals surface area contributed by atoms with Crippen molar-refractivity contribution in [1.29, 1.82) is 0 Å². The predicted octanol–water partition coefficient (Wildman–Crippen LogP) is 5.82. The SMILES string of the molecule is CCCCOc1ccc(-c2cc(=O)c3c(OCCCC)cccc3o2)cc1. The molecule has 0 unspecified atom stereocenters. The Bertz CT molecular complexity index is 925. The molecule has 0 amide bonds. The maximum absolute atomic E-state index is 12.7. The van der Waals surface area contributed by atoms with Crippen molar-refractivity contribution in [2.24, 2.45) is 0 Å². The first-order valence-electron chi connectivity index (χ1n) is 9.65. The summed E-state index contributed by atoms with van der Waals surface area (Å²) in [6.07, 6.45) is 4.13. The van der Waals surface area contributed by atoms with Crippen molar-refractivity contribution < 1.29 is 13.9 Å². The fourth-order valence-corrected chi connectivity index (χ4v) is 2.82. The van der Waals surface area contributed by atoms with Gasteiger partial charge in [0.25, 0.3) is 0 Å². The van der Waals surface area contributed by atoms with Crippen molar-refractivity contribution in [3.63, 3.8) is 0 Å².